The largest absolute Gasteiger partial charge is 0.497 e. The number of pyridine rings is 1. The van der Waals surface area contributed by atoms with Crippen LogP contribution in [0.5, 0.6) is 5.75 Å². The van der Waals surface area contributed by atoms with E-state index in [2.05, 4.69) is 20.5 Å². The van der Waals surface area contributed by atoms with Crippen LogP contribution in [0.25, 0.3) is 0 Å². The minimum atomic E-state index is -0.479. The molecule has 1 aromatic heterocycles. The van der Waals surface area contributed by atoms with Gasteiger partial charge in [-0.25, -0.2) is 0 Å². The maximum atomic E-state index is 13.0. The van der Waals surface area contributed by atoms with Crippen molar-refractivity contribution in [2.75, 3.05) is 32.1 Å². The third kappa shape index (κ3) is 5.98. The molecule has 4 rings (SSSR count). The number of aromatic nitrogens is 1. The Morgan fingerprint density at radius 2 is 1.94 bits per heavy atom. The second-order valence-corrected chi connectivity index (χ2v) is 8.86. The van der Waals surface area contributed by atoms with Gasteiger partial charge in [-0.1, -0.05) is 18.2 Å². The molecule has 1 saturated heterocycles. The van der Waals surface area contributed by atoms with Crippen LogP contribution >= 0.6 is 0 Å². The molecule has 0 spiro atoms. The van der Waals surface area contributed by atoms with E-state index in [4.69, 9.17) is 4.74 Å². The number of nitrogens with one attached hydrogen (secondary N) is 2. The number of carbonyl (C=O) groups is 1. The first-order valence-corrected chi connectivity index (χ1v) is 12.1. The second-order valence-electron chi connectivity index (χ2n) is 8.86. The number of carbonyl (C=O) groups excluding carboxylic acids is 1. The van der Waals surface area contributed by atoms with Crippen molar-refractivity contribution in [2.45, 2.75) is 31.8 Å². The van der Waals surface area contributed by atoms with Crippen molar-refractivity contribution < 1.29 is 14.5 Å². The molecule has 1 aliphatic heterocycles. The van der Waals surface area contributed by atoms with Crippen LogP contribution in [0.3, 0.4) is 0 Å². The van der Waals surface area contributed by atoms with Gasteiger partial charge in [0.1, 0.15) is 11.4 Å². The van der Waals surface area contributed by atoms with Gasteiger partial charge in [-0.3, -0.25) is 24.8 Å². The van der Waals surface area contributed by atoms with Crippen molar-refractivity contribution >= 4 is 17.3 Å². The predicted molar refractivity (Wildman–Crippen MR) is 138 cm³/mol. The normalized spacial score (nSPS) is 15.2. The molecule has 3 aromatic rings. The molecule has 9 nitrogen and oxygen atoms in total. The van der Waals surface area contributed by atoms with E-state index >= 15 is 0 Å². The topological polar surface area (TPSA) is 110 Å². The van der Waals surface area contributed by atoms with E-state index < -0.39 is 4.92 Å². The Morgan fingerprint density at radius 3 is 2.64 bits per heavy atom. The lowest BCUT2D eigenvalue weighted by molar-refractivity contribution is -0.384. The molecule has 1 amide bonds. The highest BCUT2D eigenvalue weighted by Gasteiger charge is 2.25. The SMILES string of the molecule is COc1cccc(C(CNC(=O)c2ccc(NC(C)c3ccccn3)c([N+](=O)[O-])c2)N2CCCC2)c1. The van der Waals surface area contributed by atoms with Crippen molar-refractivity contribution in [2.24, 2.45) is 0 Å². The standard InChI is InChI=1S/C27H31N5O4/c1-19(23-10-3-4-13-28-23)30-24-12-11-21(17-25(24)32(34)35)27(33)29-18-26(31-14-5-6-15-31)20-8-7-9-22(16-20)36-2/h3-4,7-13,16-17,19,26,30H,5-6,14-15,18H2,1-2H3,(H,29,33). The van der Waals surface area contributed by atoms with Gasteiger partial charge in [-0.2, -0.15) is 0 Å². The molecule has 0 radical (unpaired) electrons. The average molecular weight is 490 g/mol. The molecule has 0 bridgehead atoms. The lowest BCUT2D eigenvalue weighted by atomic mass is 10.0. The van der Waals surface area contributed by atoms with Crippen LogP contribution in [-0.4, -0.2) is 47.5 Å². The zero-order valence-electron chi connectivity index (χ0n) is 20.5. The Kier molecular flexibility index (Phi) is 8.12. The quantitative estimate of drug-likeness (QED) is 0.313. The van der Waals surface area contributed by atoms with Gasteiger partial charge in [-0.05, 0) is 74.8 Å². The van der Waals surface area contributed by atoms with Crippen molar-refractivity contribution in [1.29, 1.82) is 0 Å². The number of likely N-dealkylation sites (tertiary alicyclic amines) is 1. The highest BCUT2D eigenvalue weighted by molar-refractivity contribution is 5.95. The molecular weight excluding hydrogens is 458 g/mol. The maximum Gasteiger partial charge on any atom is 0.293 e. The van der Waals surface area contributed by atoms with Crippen molar-refractivity contribution in [3.8, 4) is 5.75 Å². The Labute approximate surface area is 210 Å². The summed E-state index contributed by atoms with van der Waals surface area (Å²) in [5, 5.41) is 17.9. The number of hydrogen-bond donors (Lipinski definition) is 2. The number of nitrogens with zero attached hydrogens (tertiary/aromatic N) is 3. The van der Waals surface area contributed by atoms with Crippen molar-refractivity contribution in [3.63, 3.8) is 0 Å². The monoisotopic (exact) mass is 489 g/mol. The fourth-order valence-corrected chi connectivity index (χ4v) is 4.54. The van der Waals surface area contributed by atoms with Gasteiger partial charge in [0.2, 0.25) is 0 Å². The first kappa shape index (κ1) is 25.1. The Hall–Kier alpha value is -3.98. The minimum absolute atomic E-state index is 0.0123. The number of anilines is 1. The number of methoxy groups -OCH3 is 1. The highest BCUT2D eigenvalue weighted by Crippen LogP contribution is 2.30. The summed E-state index contributed by atoms with van der Waals surface area (Å²) >= 11 is 0. The van der Waals surface area contributed by atoms with E-state index in [1.54, 1.807) is 25.4 Å². The highest BCUT2D eigenvalue weighted by atomic mass is 16.6. The Morgan fingerprint density at radius 1 is 1.14 bits per heavy atom. The zero-order chi connectivity index (χ0) is 25.5. The van der Waals surface area contributed by atoms with Crippen LogP contribution in [0.1, 0.15) is 53.5 Å². The summed E-state index contributed by atoms with van der Waals surface area (Å²) in [6.07, 6.45) is 3.91. The second kappa shape index (κ2) is 11.6. The van der Waals surface area contributed by atoms with E-state index in [9.17, 15) is 14.9 Å². The summed E-state index contributed by atoms with van der Waals surface area (Å²) in [6, 6.07) is 17.6. The summed E-state index contributed by atoms with van der Waals surface area (Å²) in [5.74, 6) is 0.413. The molecule has 9 heteroatoms. The van der Waals surface area contributed by atoms with Crippen LogP contribution in [0.15, 0.2) is 66.9 Å². The first-order valence-electron chi connectivity index (χ1n) is 12.1. The Bertz CT molecular complexity index is 1200. The van der Waals surface area contributed by atoms with Crippen LogP contribution in [0.4, 0.5) is 11.4 Å². The number of amides is 1. The smallest absolute Gasteiger partial charge is 0.293 e. The number of benzene rings is 2. The first-order chi connectivity index (χ1) is 17.5. The number of hydrogen-bond acceptors (Lipinski definition) is 7. The van der Waals surface area contributed by atoms with Crippen molar-refractivity contribution in [1.82, 2.24) is 15.2 Å². The lowest BCUT2D eigenvalue weighted by Crippen LogP contribution is -2.36. The predicted octanol–water partition coefficient (Wildman–Crippen LogP) is 4.74. The van der Waals surface area contributed by atoms with Gasteiger partial charge in [0.15, 0.2) is 0 Å². The molecule has 188 valence electrons. The molecule has 1 aliphatic rings. The molecule has 2 aromatic carbocycles. The summed E-state index contributed by atoms with van der Waals surface area (Å²) in [6.45, 7) is 4.18. The number of rotatable bonds is 10. The summed E-state index contributed by atoms with van der Waals surface area (Å²) in [4.78, 5) is 31.0. The van der Waals surface area contributed by atoms with Gasteiger partial charge in [0, 0.05) is 24.4 Å². The molecule has 2 atom stereocenters. The van der Waals surface area contributed by atoms with Gasteiger partial charge in [0.05, 0.1) is 29.8 Å². The maximum absolute atomic E-state index is 13.0. The summed E-state index contributed by atoms with van der Waals surface area (Å²) in [5.41, 5.74) is 2.24. The minimum Gasteiger partial charge on any atom is -0.497 e. The van der Waals surface area contributed by atoms with E-state index in [0.29, 0.717) is 12.2 Å². The molecule has 1 fully saturated rings. The fourth-order valence-electron chi connectivity index (χ4n) is 4.54. The van der Waals surface area contributed by atoms with E-state index in [-0.39, 0.29) is 29.2 Å². The lowest BCUT2D eigenvalue weighted by Gasteiger charge is -2.28. The van der Waals surface area contributed by atoms with E-state index in [0.717, 1.165) is 42.9 Å². The molecule has 2 heterocycles. The molecular formula is C27H31N5O4. The third-order valence-electron chi connectivity index (χ3n) is 6.48. The number of nitro groups is 1. The van der Waals surface area contributed by atoms with Gasteiger partial charge < -0.3 is 15.4 Å². The van der Waals surface area contributed by atoms with Crippen LogP contribution in [0, 0.1) is 10.1 Å². The summed E-state index contributed by atoms with van der Waals surface area (Å²) in [7, 11) is 1.63. The van der Waals surface area contributed by atoms with Crippen LogP contribution in [0.2, 0.25) is 0 Å². The Balaban J connectivity index is 1.49. The average Bonchev–Trinajstić information content (AvgIpc) is 3.44. The van der Waals surface area contributed by atoms with E-state index in [1.807, 2.05) is 49.4 Å². The van der Waals surface area contributed by atoms with Gasteiger partial charge in [-0.15, -0.1) is 0 Å². The third-order valence-corrected chi connectivity index (χ3v) is 6.48. The molecule has 36 heavy (non-hydrogen) atoms. The molecule has 0 aliphatic carbocycles. The molecule has 2 N–H and O–H groups in total. The summed E-state index contributed by atoms with van der Waals surface area (Å²) < 4.78 is 5.39. The number of nitro benzene ring substituents is 1. The van der Waals surface area contributed by atoms with Crippen molar-refractivity contribution in [3.05, 3.63) is 93.8 Å². The molecule has 2 unspecified atom stereocenters. The van der Waals surface area contributed by atoms with Crippen LogP contribution in [-0.2, 0) is 0 Å². The number of ether oxygens (including phenoxy) is 1. The zero-order valence-corrected chi connectivity index (χ0v) is 20.5. The van der Waals surface area contributed by atoms with Crippen LogP contribution < -0.4 is 15.4 Å². The van der Waals surface area contributed by atoms with Gasteiger partial charge in [0.25, 0.3) is 11.6 Å². The van der Waals surface area contributed by atoms with E-state index in [1.165, 1.54) is 6.07 Å². The molecule has 0 saturated carbocycles. The fraction of sp³-hybridized carbons (Fsp3) is 0.333. The van der Waals surface area contributed by atoms with Gasteiger partial charge >= 0.3 is 0 Å².